The fraction of sp³-hybridized carbons (Fsp3) is 0.333. The lowest BCUT2D eigenvalue weighted by atomic mass is 10.1. The summed E-state index contributed by atoms with van der Waals surface area (Å²) in [6.07, 6.45) is 4.73. The van der Waals surface area contributed by atoms with Gasteiger partial charge in [0.15, 0.2) is 11.3 Å². The van der Waals surface area contributed by atoms with Crippen LogP contribution in [-0.2, 0) is 7.05 Å². The maximum atomic E-state index is 5.83. The molecule has 0 radical (unpaired) electrons. The molecule has 0 aliphatic heterocycles. The summed E-state index contributed by atoms with van der Waals surface area (Å²) in [5.74, 6) is 0.830. The number of fused-ring (bicyclic) bond motifs is 2. The van der Waals surface area contributed by atoms with Gasteiger partial charge in [-0.15, -0.1) is 5.10 Å². The number of rotatable bonds is 6. The minimum absolute atomic E-state index is 0.560. The minimum atomic E-state index is 0.560. The molecule has 0 amide bonds. The second kappa shape index (κ2) is 6.72. The Hall–Kier alpha value is -3.00. The number of hydrogen-bond acceptors (Lipinski definition) is 6. The largest absolute Gasteiger partial charge is 0.353 e. The van der Waals surface area contributed by atoms with E-state index in [4.69, 9.17) is 10.7 Å². The van der Waals surface area contributed by atoms with Crippen molar-refractivity contribution in [3.63, 3.8) is 0 Å². The molecule has 0 atom stereocenters. The average Bonchev–Trinajstić information content (AvgIpc) is 3.25. The molecule has 4 aromatic rings. The molecule has 4 heterocycles. The smallest absolute Gasteiger partial charge is 0.159 e. The Bertz CT molecular complexity index is 1040. The van der Waals surface area contributed by atoms with Crippen LogP contribution in [0, 0.1) is 0 Å². The number of aromatic nitrogens is 6. The van der Waals surface area contributed by atoms with Crippen molar-refractivity contribution in [1.82, 2.24) is 29.9 Å². The van der Waals surface area contributed by atoms with Gasteiger partial charge in [0, 0.05) is 50.0 Å². The van der Waals surface area contributed by atoms with Crippen molar-refractivity contribution in [3.05, 3.63) is 30.6 Å². The van der Waals surface area contributed by atoms with Gasteiger partial charge in [-0.25, -0.2) is 14.6 Å². The highest BCUT2D eigenvalue weighted by molar-refractivity contribution is 5.96. The summed E-state index contributed by atoms with van der Waals surface area (Å²) in [6, 6.07) is 6.01. The van der Waals surface area contributed by atoms with Crippen LogP contribution >= 0.6 is 0 Å². The van der Waals surface area contributed by atoms with Crippen molar-refractivity contribution in [1.29, 1.82) is 0 Å². The van der Waals surface area contributed by atoms with Crippen LogP contribution in [0.4, 0.5) is 5.82 Å². The normalized spacial score (nSPS) is 11.5. The molecular weight excluding hydrogens is 328 g/mol. The van der Waals surface area contributed by atoms with Crippen LogP contribution in [0.15, 0.2) is 30.6 Å². The summed E-state index contributed by atoms with van der Waals surface area (Å²) in [5, 5.41) is 9.57. The summed E-state index contributed by atoms with van der Waals surface area (Å²) in [4.78, 5) is 14.7. The monoisotopic (exact) mass is 350 g/mol. The SMILES string of the molecule is CCCN(CCN)c1nc(-c2c[nH]c3ncccc23)cc2c1nnn2C. The molecule has 8 heteroatoms. The lowest BCUT2D eigenvalue weighted by Crippen LogP contribution is -2.31. The van der Waals surface area contributed by atoms with Gasteiger partial charge in [0.2, 0.25) is 0 Å². The first-order valence-electron chi connectivity index (χ1n) is 8.80. The van der Waals surface area contributed by atoms with E-state index < -0.39 is 0 Å². The Morgan fingerprint density at radius 2 is 2.19 bits per heavy atom. The molecule has 26 heavy (non-hydrogen) atoms. The molecule has 0 aliphatic carbocycles. The highest BCUT2D eigenvalue weighted by atomic mass is 15.4. The van der Waals surface area contributed by atoms with Crippen molar-refractivity contribution < 1.29 is 0 Å². The first-order valence-corrected chi connectivity index (χ1v) is 8.80. The van der Waals surface area contributed by atoms with Gasteiger partial charge in [-0.2, -0.15) is 0 Å². The van der Waals surface area contributed by atoms with Gasteiger partial charge in [-0.3, -0.25) is 0 Å². The molecule has 134 valence electrons. The molecule has 4 rings (SSSR count). The number of aryl methyl sites for hydroxylation is 1. The third-order valence-electron chi connectivity index (χ3n) is 4.50. The van der Waals surface area contributed by atoms with Crippen LogP contribution in [0.1, 0.15) is 13.3 Å². The predicted molar refractivity (Wildman–Crippen MR) is 103 cm³/mol. The molecular formula is C18H22N8. The standard InChI is InChI=1S/C18H22N8/c1-3-8-26(9-6-19)18-16-15(25(2)24-23-16)10-14(22-18)13-11-21-17-12(13)5-4-7-20-17/h4-5,7,10-11H,3,6,8-9,19H2,1-2H3,(H,20,21). The molecule has 0 saturated carbocycles. The maximum absolute atomic E-state index is 5.83. The Labute approximate surface area is 151 Å². The van der Waals surface area contributed by atoms with Gasteiger partial charge in [-0.1, -0.05) is 12.1 Å². The molecule has 0 spiro atoms. The third kappa shape index (κ3) is 2.68. The van der Waals surface area contributed by atoms with Crippen molar-refractivity contribution in [2.75, 3.05) is 24.5 Å². The number of nitrogens with zero attached hydrogens (tertiary/aromatic N) is 6. The van der Waals surface area contributed by atoms with Crippen LogP contribution in [0.25, 0.3) is 33.3 Å². The number of pyridine rings is 2. The van der Waals surface area contributed by atoms with Gasteiger partial charge in [-0.05, 0) is 24.6 Å². The minimum Gasteiger partial charge on any atom is -0.353 e. The zero-order valence-corrected chi connectivity index (χ0v) is 15.0. The van der Waals surface area contributed by atoms with E-state index in [1.807, 2.05) is 31.4 Å². The third-order valence-corrected chi connectivity index (χ3v) is 4.50. The fourth-order valence-electron chi connectivity index (χ4n) is 3.29. The van der Waals surface area contributed by atoms with Gasteiger partial charge >= 0.3 is 0 Å². The Morgan fingerprint density at radius 1 is 1.31 bits per heavy atom. The maximum Gasteiger partial charge on any atom is 0.159 e. The summed E-state index contributed by atoms with van der Waals surface area (Å²) in [6.45, 7) is 4.30. The summed E-state index contributed by atoms with van der Waals surface area (Å²) < 4.78 is 1.78. The van der Waals surface area contributed by atoms with Crippen molar-refractivity contribution in [2.24, 2.45) is 12.8 Å². The lowest BCUT2D eigenvalue weighted by Gasteiger charge is -2.23. The van der Waals surface area contributed by atoms with E-state index in [0.717, 1.165) is 58.7 Å². The van der Waals surface area contributed by atoms with E-state index in [1.165, 1.54) is 0 Å². The van der Waals surface area contributed by atoms with E-state index >= 15 is 0 Å². The number of anilines is 1. The second-order valence-corrected chi connectivity index (χ2v) is 6.29. The highest BCUT2D eigenvalue weighted by Crippen LogP contribution is 2.32. The molecule has 8 nitrogen and oxygen atoms in total. The second-order valence-electron chi connectivity index (χ2n) is 6.29. The van der Waals surface area contributed by atoms with E-state index in [0.29, 0.717) is 6.54 Å². The average molecular weight is 350 g/mol. The van der Waals surface area contributed by atoms with Gasteiger partial charge in [0.25, 0.3) is 0 Å². The van der Waals surface area contributed by atoms with E-state index in [2.05, 4.69) is 32.1 Å². The lowest BCUT2D eigenvalue weighted by molar-refractivity contribution is 0.735. The van der Waals surface area contributed by atoms with E-state index in [-0.39, 0.29) is 0 Å². The Balaban J connectivity index is 1.94. The van der Waals surface area contributed by atoms with Crippen LogP contribution < -0.4 is 10.6 Å². The van der Waals surface area contributed by atoms with Crippen LogP contribution in [0.2, 0.25) is 0 Å². The summed E-state index contributed by atoms with van der Waals surface area (Å²) in [7, 11) is 1.90. The van der Waals surface area contributed by atoms with Gasteiger partial charge in [0.05, 0.1) is 11.2 Å². The summed E-state index contributed by atoms with van der Waals surface area (Å²) in [5.41, 5.74) is 10.3. The predicted octanol–water partition coefficient (Wildman–Crippen LogP) is 2.08. The molecule has 0 aliphatic rings. The van der Waals surface area contributed by atoms with Gasteiger partial charge in [0.1, 0.15) is 5.65 Å². The molecule has 4 aromatic heterocycles. The molecule has 0 saturated heterocycles. The van der Waals surface area contributed by atoms with Crippen LogP contribution in [0.5, 0.6) is 0 Å². The van der Waals surface area contributed by atoms with E-state index in [1.54, 1.807) is 10.9 Å². The van der Waals surface area contributed by atoms with Gasteiger partial charge < -0.3 is 15.6 Å². The van der Waals surface area contributed by atoms with E-state index in [9.17, 15) is 0 Å². The number of nitrogens with two attached hydrogens (primary N) is 1. The topological polar surface area (TPSA) is 102 Å². The van der Waals surface area contributed by atoms with Crippen LogP contribution in [-0.4, -0.2) is 49.6 Å². The van der Waals surface area contributed by atoms with Crippen molar-refractivity contribution in [3.8, 4) is 11.3 Å². The molecule has 0 bridgehead atoms. The Morgan fingerprint density at radius 3 is 3.00 bits per heavy atom. The number of H-pyrrole nitrogens is 1. The zero-order valence-electron chi connectivity index (χ0n) is 15.0. The number of hydrogen-bond donors (Lipinski definition) is 2. The van der Waals surface area contributed by atoms with Crippen molar-refractivity contribution in [2.45, 2.75) is 13.3 Å². The Kier molecular flexibility index (Phi) is 4.26. The first kappa shape index (κ1) is 16.5. The zero-order chi connectivity index (χ0) is 18.1. The van der Waals surface area contributed by atoms with Crippen molar-refractivity contribution >= 4 is 27.9 Å². The molecule has 0 fully saturated rings. The fourth-order valence-corrected chi connectivity index (χ4v) is 3.29. The number of nitrogens with one attached hydrogen (secondary N) is 1. The first-order chi connectivity index (χ1) is 12.7. The highest BCUT2D eigenvalue weighted by Gasteiger charge is 2.19. The number of aromatic amines is 1. The molecule has 0 aromatic carbocycles. The van der Waals surface area contributed by atoms with Crippen LogP contribution in [0.3, 0.4) is 0 Å². The molecule has 0 unspecified atom stereocenters. The molecule has 3 N–H and O–H groups in total. The quantitative estimate of drug-likeness (QED) is 0.552. The summed E-state index contributed by atoms with van der Waals surface area (Å²) >= 11 is 0.